The Kier molecular flexibility index (Phi) is 7.56. The van der Waals surface area contributed by atoms with Crippen molar-refractivity contribution < 1.29 is 22.7 Å². The number of carbonyl (C=O) groups is 1. The molecule has 1 saturated heterocycles. The molecule has 3 rings (SSSR count). The predicted octanol–water partition coefficient (Wildman–Crippen LogP) is 2.91. The summed E-state index contributed by atoms with van der Waals surface area (Å²) >= 11 is 0. The quantitative estimate of drug-likeness (QED) is 0.631. The molecule has 31 heavy (non-hydrogen) atoms. The molecule has 0 saturated carbocycles. The van der Waals surface area contributed by atoms with Gasteiger partial charge in [0.15, 0.2) is 0 Å². The number of sulfonamides is 1. The minimum Gasteiger partial charge on any atom is -0.497 e. The van der Waals surface area contributed by atoms with Gasteiger partial charge in [-0.15, -0.1) is 0 Å². The number of nitrogens with zero attached hydrogens (tertiary/aromatic N) is 1. The Bertz CT molecular complexity index is 1010. The third-order valence-electron chi connectivity index (χ3n) is 5.44. The predicted molar refractivity (Wildman–Crippen MR) is 119 cm³/mol. The van der Waals surface area contributed by atoms with Crippen LogP contribution < -0.4 is 14.8 Å². The van der Waals surface area contributed by atoms with Crippen LogP contribution in [0.4, 0.5) is 0 Å². The highest BCUT2D eigenvalue weighted by Crippen LogP contribution is 2.25. The highest BCUT2D eigenvalue weighted by molar-refractivity contribution is 7.89. The topological polar surface area (TPSA) is 84.9 Å². The number of methoxy groups -OCH3 is 1. The van der Waals surface area contributed by atoms with Crippen molar-refractivity contribution in [1.82, 2.24) is 9.62 Å². The molecule has 2 aromatic carbocycles. The number of piperidine rings is 1. The maximum absolute atomic E-state index is 13.0. The first-order chi connectivity index (χ1) is 14.8. The number of benzene rings is 2. The molecule has 1 heterocycles. The monoisotopic (exact) mass is 446 g/mol. The van der Waals surface area contributed by atoms with Gasteiger partial charge in [-0.3, -0.25) is 4.79 Å². The lowest BCUT2D eigenvalue weighted by Crippen LogP contribution is -2.45. The third kappa shape index (κ3) is 5.77. The lowest BCUT2D eigenvalue weighted by atomic mass is 9.99. The van der Waals surface area contributed by atoms with Gasteiger partial charge in [0.25, 0.3) is 0 Å². The lowest BCUT2D eigenvalue weighted by Gasteiger charge is -2.31. The zero-order chi connectivity index (χ0) is 22.4. The molecule has 0 aliphatic carbocycles. The Morgan fingerprint density at radius 3 is 2.58 bits per heavy atom. The van der Waals surface area contributed by atoms with E-state index in [0.29, 0.717) is 38.3 Å². The zero-order valence-corrected chi connectivity index (χ0v) is 19.1. The van der Waals surface area contributed by atoms with Crippen molar-refractivity contribution in [2.45, 2.75) is 31.6 Å². The Morgan fingerprint density at radius 2 is 1.90 bits per heavy atom. The van der Waals surface area contributed by atoms with E-state index in [9.17, 15) is 13.2 Å². The molecular weight excluding hydrogens is 416 g/mol. The van der Waals surface area contributed by atoms with Crippen LogP contribution in [0.25, 0.3) is 0 Å². The molecule has 1 N–H and O–H groups in total. The van der Waals surface area contributed by atoms with Gasteiger partial charge >= 0.3 is 0 Å². The van der Waals surface area contributed by atoms with E-state index in [0.717, 1.165) is 11.3 Å². The van der Waals surface area contributed by atoms with Crippen LogP contribution in [-0.4, -0.2) is 52.0 Å². The van der Waals surface area contributed by atoms with Crippen LogP contribution in [0.1, 0.15) is 24.0 Å². The van der Waals surface area contributed by atoms with Crippen molar-refractivity contribution in [3.8, 4) is 11.5 Å². The van der Waals surface area contributed by atoms with Gasteiger partial charge in [-0.25, -0.2) is 8.42 Å². The summed E-state index contributed by atoms with van der Waals surface area (Å²) in [6, 6.07) is 12.3. The van der Waals surface area contributed by atoms with Crippen molar-refractivity contribution in [3.05, 3.63) is 53.6 Å². The second kappa shape index (κ2) is 10.2. The lowest BCUT2D eigenvalue weighted by molar-refractivity contribution is -0.126. The minimum absolute atomic E-state index is 0.140. The van der Waals surface area contributed by atoms with Gasteiger partial charge in [-0.2, -0.15) is 4.31 Å². The third-order valence-corrected chi connectivity index (χ3v) is 7.32. The van der Waals surface area contributed by atoms with Crippen molar-refractivity contribution in [2.24, 2.45) is 5.92 Å². The van der Waals surface area contributed by atoms with Gasteiger partial charge < -0.3 is 14.8 Å². The molecule has 1 aliphatic rings. The summed E-state index contributed by atoms with van der Waals surface area (Å²) < 4.78 is 38.2. The van der Waals surface area contributed by atoms with E-state index >= 15 is 0 Å². The first-order valence-electron chi connectivity index (χ1n) is 10.4. The summed E-state index contributed by atoms with van der Waals surface area (Å²) in [6.45, 7) is 5.33. The normalized spacial score (nSPS) is 17.2. The van der Waals surface area contributed by atoms with E-state index in [-0.39, 0.29) is 23.3 Å². The van der Waals surface area contributed by atoms with Gasteiger partial charge in [-0.05, 0) is 62.6 Å². The highest BCUT2D eigenvalue weighted by atomic mass is 32.2. The fourth-order valence-electron chi connectivity index (χ4n) is 3.71. The minimum atomic E-state index is -3.65. The Balaban J connectivity index is 1.52. The molecule has 1 fully saturated rings. The van der Waals surface area contributed by atoms with E-state index in [2.05, 4.69) is 5.32 Å². The largest absolute Gasteiger partial charge is 0.497 e. The van der Waals surface area contributed by atoms with Crippen LogP contribution >= 0.6 is 0 Å². The smallest absolute Gasteiger partial charge is 0.243 e. The average Bonchev–Trinajstić information content (AvgIpc) is 2.78. The van der Waals surface area contributed by atoms with Crippen molar-refractivity contribution in [1.29, 1.82) is 0 Å². The van der Waals surface area contributed by atoms with Gasteiger partial charge in [0.1, 0.15) is 18.1 Å². The molecule has 168 valence electrons. The zero-order valence-electron chi connectivity index (χ0n) is 18.3. The van der Waals surface area contributed by atoms with Crippen molar-refractivity contribution in [3.63, 3.8) is 0 Å². The van der Waals surface area contributed by atoms with E-state index in [1.165, 1.54) is 29.1 Å². The number of carbonyl (C=O) groups excluding carboxylic acids is 1. The summed E-state index contributed by atoms with van der Waals surface area (Å²) in [4.78, 5) is 12.8. The summed E-state index contributed by atoms with van der Waals surface area (Å²) in [5.74, 6) is 0.883. The number of aryl methyl sites for hydroxylation is 2. The molecule has 0 radical (unpaired) electrons. The Morgan fingerprint density at radius 1 is 1.16 bits per heavy atom. The van der Waals surface area contributed by atoms with Gasteiger partial charge in [-0.1, -0.05) is 17.7 Å². The fraction of sp³-hybridized carbons (Fsp3) is 0.435. The molecular formula is C23H30N2O5S. The van der Waals surface area contributed by atoms with Crippen molar-refractivity contribution >= 4 is 15.9 Å². The van der Waals surface area contributed by atoms with Crippen molar-refractivity contribution in [2.75, 3.05) is 33.4 Å². The molecule has 1 aliphatic heterocycles. The second-order valence-electron chi connectivity index (χ2n) is 7.79. The van der Waals surface area contributed by atoms with Crippen LogP contribution in [0.5, 0.6) is 11.5 Å². The van der Waals surface area contributed by atoms with Gasteiger partial charge in [0, 0.05) is 13.1 Å². The number of nitrogens with one attached hydrogen (secondary N) is 1. The van der Waals surface area contributed by atoms with Crippen LogP contribution in [0.2, 0.25) is 0 Å². The highest BCUT2D eigenvalue weighted by Gasteiger charge is 2.33. The molecule has 0 bridgehead atoms. The van der Waals surface area contributed by atoms with Crippen LogP contribution in [-0.2, 0) is 14.8 Å². The summed E-state index contributed by atoms with van der Waals surface area (Å²) in [5.41, 5.74) is 2.22. The number of ether oxygens (including phenoxy) is 2. The molecule has 8 heteroatoms. The van der Waals surface area contributed by atoms with E-state index < -0.39 is 10.0 Å². The second-order valence-corrected chi connectivity index (χ2v) is 9.72. The van der Waals surface area contributed by atoms with Crippen LogP contribution in [0.15, 0.2) is 47.4 Å². The molecule has 1 amide bonds. The van der Waals surface area contributed by atoms with Crippen LogP contribution in [0, 0.1) is 19.8 Å². The first kappa shape index (κ1) is 23.1. The maximum atomic E-state index is 13.0. The standard InChI is InChI=1S/C23H30N2O5S/c1-17-6-11-22(18(2)15-17)30-14-12-24-23(26)19-5-4-13-25(16-19)31(27,28)21-9-7-20(29-3)8-10-21/h6-11,15,19H,4-5,12-14,16H2,1-3H3,(H,24,26)/t19-/m0/s1. The number of hydrogen-bond donors (Lipinski definition) is 1. The summed E-state index contributed by atoms with van der Waals surface area (Å²) in [7, 11) is -2.12. The van der Waals surface area contributed by atoms with E-state index in [1.807, 2.05) is 32.0 Å². The Hall–Kier alpha value is -2.58. The molecule has 7 nitrogen and oxygen atoms in total. The summed E-state index contributed by atoms with van der Waals surface area (Å²) in [6.07, 6.45) is 1.31. The number of rotatable bonds is 8. The van der Waals surface area contributed by atoms with Gasteiger partial charge in [0.05, 0.1) is 24.5 Å². The molecule has 2 aromatic rings. The Labute approximate surface area is 184 Å². The summed E-state index contributed by atoms with van der Waals surface area (Å²) in [5, 5.41) is 2.88. The molecule has 0 spiro atoms. The number of hydrogen-bond acceptors (Lipinski definition) is 5. The molecule has 1 atom stereocenters. The molecule has 0 unspecified atom stereocenters. The maximum Gasteiger partial charge on any atom is 0.243 e. The molecule has 0 aromatic heterocycles. The fourth-order valence-corrected chi connectivity index (χ4v) is 5.24. The SMILES string of the molecule is COc1ccc(S(=O)(=O)N2CCC[C@H](C(=O)NCCOc3ccc(C)cc3C)C2)cc1. The van der Waals surface area contributed by atoms with E-state index in [4.69, 9.17) is 9.47 Å². The first-order valence-corrected chi connectivity index (χ1v) is 11.9. The van der Waals surface area contributed by atoms with Gasteiger partial charge in [0.2, 0.25) is 15.9 Å². The van der Waals surface area contributed by atoms with Crippen LogP contribution in [0.3, 0.4) is 0 Å². The number of amides is 1. The average molecular weight is 447 g/mol. The van der Waals surface area contributed by atoms with E-state index in [1.54, 1.807) is 12.1 Å².